The fourth-order valence-electron chi connectivity index (χ4n) is 4.34. The number of nitrogens with one attached hydrogen (secondary N) is 1. The highest BCUT2D eigenvalue weighted by atomic mass is 19.4. The molecule has 13 heteroatoms. The lowest BCUT2D eigenvalue weighted by Gasteiger charge is -2.40. The Morgan fingerprint density at radius 1 is 0.895 bits per heavy atom. The van der Waals surface area contributed by atoms with Crippen LogP contribution < -0.4 is 10.2 Å². The molecule has 0 saturated heterocycles. The summed E-state index contributed by atoms with van der Waals surface area (Å²) in [6.07, 6.45) is -14.6. The molecule has 0 fully saturated rings. The van der Waals surface area contributed by atoms with Crippen molar-refractivity contribution in [3.63, 3.8) is 0 Å². The molecule has 2 aromatic carbocycles. The zero-order chi connectivity index (χ0) is 28.5. The highest BCUT2D eigenvalue weighted by molar-refractivity contribution is 5.90. The maximum atomic E-state index is 13.5. The van der Waals surface area contributed by atoms with Gasteiger partial charge in [0.15, 0.2) is 0 Å². The molecule has 0 saturated carbocycles. The van der Waals surface area contributed by atoms with Gasteiger partial charge < -0.3 is 10.1 Å². The molecule has 0 radical (unpaired) electrons. The molecule has 0 aromatic heterocycles. The van der Waals surface area contributed by atoms with Gasteiger partial charge in [-0.1, -0.05) is 13.8 Å². The molecular weight excluding hydrogens is 531 g/mol. The van der Waals surface area contributed by atoms with Crippen LogP contribution in [0.1, 0.15) is 67.0 Å². The predicted molar refractivity (Wildman–Crippen MR) is 120 cm³/mol. The second-order valence-corrected chi connectivity index (χ2v) is 8.90. The lowest BCUT2D eigenvalue weighted by Crippen LogP contribution is -2.47. The highest BCUT2D eigenvalue weighted by Gasteiger charge is 2.40. The van der Waals surface area contributed by atoms with E-state index in [0.717, 1.165) is 18.2 Å². The largest absolute Gasteiger partial charge is 0.449 e. The van der Waals surface area contributed by atoms with Crippen LogP contribution >= 0.6 is 0 Å². The third-order valence-electron chi connectivity index (χ3n) is 6.16. The molecule has 210 valence electrons. The van der Waals surface area contributed by atoms with E-state index in [4.69, 9.17) is 4.74 Å². The maximum absolute atomic E-state index is 13.5. The number of fused-ring (bicyclic) bond motifs is 1. The van der Waals surface area contributed by atoms with E-state index >= 15 is 0 Å². The van der Waals surface area contributed by atoms with Crippen LogP contribution in [-0.2, 0) is 29.8 Å². The minimum atomic E-state index is -5.04. The van der Waals surface area contributed by atoms with Gasteiger partial charge in [-0.05, 0) is 66.8 Å². The minimum Gasteiger partial charge on any atom is -0.449 e. The summed E-state index contributed by atoms with van der Waals surface area (Å²) in [5, 5.41) is 2.82. The summed E-state index contributed by atoms with van der Waals surface area (Å²) in [6, 6.07) is 2.41. The van der Waals surface area contributed by atoms with Gasteiger partial charge in [-0.2, -0.15) is 39.5 Å². The standard InChI is InChI=1S/C25H25F9N2O2/c1-3-7-38-22(37)36-18(4-2)12-20(19-11-15(23(26,27)28)5-6-21(19)36)35-13-14-8-16(24(29,30)31)10-17(9-14)25(32,33)34/h5-6,8-11,18,20,35H,3-4,7,12-13H2,1-2H3/t18-,20+/m1/s1. The minimum absolute atomic E-state index is 0.00191. The number of rotatable bonds is 6. The summed E-state index contributed by atoms with van der Waals surface area (Å²) in [6.45, 7) is 3.09. The van der Waals surface area contributed by atoms with Crippen molar-refractivity contribution in [2.24, 2.45) is 0 Å². The monoisotopic (exact) mass is 556 g/mol. The van der Waals surface area contributed by atoms with Crippen LogP contribution in [0, 0.1) is 0 Å². The first-order valence-corrected chi connectivity index (χ1v) is 11.7. The SMILES string of the molecule is CCCOC(=O)N1c2ccc(C(F)(F)F)cc2[C@@H](NCc2cc(C(F)(F)F)cc(C(F)(F)F)c2)C[C@H]1CC. The molecular formula is C25H25F9N2O2. The first-order chi connectivity index (χ1) is 17.6. The van der Waals surface area contributed by atoms with Crippen molar-refractivity contribution in [2.75, 3.05) is 11.5 Å². The number of ether oxygens (including phenoxy) is 1. The van der Waals surface area contributed by atoms with E-state index < -0.39 is 59.9 Å². The van der Waals surface area contributed by atoms with Crippen molar-refractivity contribution in [1.29, 1.82) is 0 Å². The van der Waals surface area contributed by atoms with E-state index in [2.05, 4.69) is 5.32 Å². The third-order valence-corrected chi connectivity index (χ3v) is 6.16. The molecule has 1 amide bonds. The zero-order valence-corrected chi connectivity index (χ0v) is 20.3. The molecule has 1 aliphatic rings. The topological polar surface area (TPSA) is 41.6 Å². The van der Waals surface area contributed by atoms with Gasteiger partial charge in [-0.25, -0.2) is 4.79 Å². The fraction of sp³-hybridized carbons (Fsp3) is 0.480. The number of hydrogen-bond acceptors (Lipinski definition) is 3. The van der Waals surface area contributed by atoms with Gasteiger partial charge in [0.2, 0.25) is 0 Å². The van der Waals surface area contributed by atoms with Crippen LogP contribution in [-0.4, -0.2) is 18.7 Å². The quantitative estimate of drug-likeness (QED) is 0.366. The smallest absolute Gasteiger partial charge is 0.416 e. The number of carbonyl (C=O) groups is 1. The molecule has 0 spiro atoms. The molecule has 2 atom stereocenters. The number of benzene rings is 2. The maximum Gasteiger partial charge on any atom is 0.416 e. The number of hydrogen-bond donors (Lipinski definition) is 1. The van der Waals surface area contributed by atoms with Gasteiger partial charge in [0.1, 0.15) is 0 Å². The summed E-state index contributed by atoms with van der Waals surface area (Å²) < 4.78 is 125. The second kappa shape index (κ2) is 11.0. The number of amides is 1. The lowest BCUT2D eigenvalue weighted by molar-refractivity contribution is -0.143. The van der Waals surface area contributed by atoms with Crippen LogP contribution in [0.4, 0.5) is 50.0 Å². The van der Waals surface area contributed by atoms with Gasteiger partial charge in [0, 0.05) is 18.6 Å². The third kappa shape index (κ3) is 6.72. The molecule has 0 unspecified atom stereocenters. The van der Waals surface area contributed by atoms with Crippen LogP contribution in [0.3, 0.4) is 0 Å². The van der Waals surface area contributed by atoms with Crippen molar-refractivity contribution in [3.05, 3.63) is 64.2 Å². The van der Waals surface area contributed by atoms with E-state index in [9.17, 15) is 44.3 Å². The summed E-state index contributed by atoms with van der Waals surface area (Å²) in [4.78, 5) is 14.0. The van der Waals surface area contributed by atoms with Crippen LogP contribution in [0.5, 0.6) is 0 Å². The zero-order valence-electron chi connectivity index (χ0n) is 20.3. The molecule has 1 N–H and O–H groups in total. The van der Waals surface area contributed by atoms with E-state index in [1.54, 1.807) is 13.8 Å². The molecule has 1 aliphatic heterocycles. The Morgan fingerprint density at radius 2 is 1.47 bits per heavy atom. The van der Waals surface area contributed by atoms with Crippen LogP contribution in [0.15, 0.2) is 36.4 Å². The number of carbonyl (C=O) groups excluding carboxylic acids is 1. The lowest BCUT2D eigenvalue weighted by atomic mass is 9.88. The summed E-state index contributed by atoms with van der Waals surface area (Å²) in [5.74, 6) is 0. The average molecular weight is 556 g/mol. The molecule has 3 rings (SSSR count). The summed E-state index contributed by atoms with van der Waals surface area (Å²) in [5.41, 5.74) is -4.21. The predicted octanol–water partition coefficient (Wildman–Crippen LogP) is 8.11. The molecule has 4 nitrogen and oxygen atoms in total. The Labute approximate surface area is 212 Å². The van der Waals surface area contributed by atoms with Gasteiger partial charge in [-0.15, -0.1) is 0 Å². The van der Waals surface area contributed by atoms with Gasteiger partial charge >= 0.3 is 24.6 Å². The van der Waals surface area contributed by atoms with Gasteiger partial charge in [0.25, 0.3) is 0 Å². The first-order valence-electron chi connectivity index (χ1n) is 11.7. The van der Waals surface area contributed by atoms with Crippen molar-refractivity contribution in [1.82, 2.24) is 5.32 Å². The number of alkyl halides is 9. The van der Waals surface area contributed by atoms with E-state index in [-0.39, 0.29) is 35.9 Å². The summed E-state index contributed by atoms with van der Waals surface area (Å²) >= 11 is 0. The Hall–Kier alpha value is -2.96. The van der Waals surface area contributed by atoms with Crippen molar-refractivity contribution in [3.8, 4) is 0 Å². The number of halogens is 9. The molecule has 0 aliphatic carbocycles. The summed E-state index contributed by atoms with van der Waals surface area (Å²) in [7, 11) is 0. The number of nitrogens with zero attached hydrogens (tertiary/aromatic N) is 1. The molecule has 2 aromatic rings. The first kappa shape index (κ1) is 29.6. The average Bonchev–Trinajstić information content (AvgIpc) is 2.83. The van der Waals surface area contributed by atoms with E-state index in [1.807, 2.05) is 0 Å². The Balaban J connectivity index is 2.02. The van der Waals surface area contributed by atoms with Crippen LogP contribution in [0.2, 0.25) is 0 Å². The van der Waals surface area contributed by atoms with E-state index in [0.29, 0.717) is 25.0 Å². The Morgan fingerprint density at radius 3 is 1.97 bits per heavy atom. The molecule has 0 bridgehead atoms. The highest BCUT2D eigenvalue weighted by Crippen LogP contribution is 2.42. The van der Waals surface area contributed by atoms with Gasteiger partial charge in [0.05, 0.1) is 29.0 Å². The van der Waals surface area contributed by atoms with E-state index in [1.165, 1.54) is 4.90 Å². The normalized spacial score (nSPS) is 18.3. The Bertz CT molecular complexity index is 1110. The Kier molecular flexibility index (Phi) is 8.59. The number of anilines is 1. The second-order valence-electron chi connectivity index (χ2n) is 8.90. The van der Waals surface area contributed by atoms with Gasteiger partial charge in [-0.3, -0.25) is 4.90 Å². The van der Waals surface area contributed by atoms with Crippen molar-refractivity contribution < 1.29 is 49.0 Å². The molecule has 1 heterocycles. The molecule has 38 heavy (non-hydrogen) atoms. The van der Waals surface area contributed by atoms with Crippen molar-refractivity contribution in [2.45, 2.75) is 70.3 Å². The van der Waals surface area contributed by atoms with Crippen molar-refractivity contribution >= 4 is 11.8 Å². The fourth-order valence-corrected chi connectivity index (χ4v) is 4.34. The van der Waals surface area contributed by atoms with Crippen LogP contribution in [0.25, 0.3) is 0 Å².